The molecule has 9 nitrogen and oxygen atoms in total. The Bertz CT molecular complexity index is 1030. The second kappa shape index (κ2) is 7.34. The molecule has 1 aliphatic heterocycles. The molecule has 0 atom stereocenters. The van der Waals surface area contributed by atoms with Crippen molar-refractivity contribution in [3.8, 4) is 5.69 Å². The number of barbiturate groups is 1. The highest BCUT2D eigenvalue weighted by Crippen LogP contribution is 2.27. The summed E-state index contributed by atoms with van der Waals surface area (Å²) >= 11 is 0. The SMILES string of the molecule is O=C1NC(=O)N(C2CCCC2)C(=O)/C1=C/c1cccn1-c1ccc([N+](=O)[O-])cc1. The maximum absolute atomic E-state index is 12.9. The minimum Gasteiger partial charge on any atom is -0.317 e. The lowest BCUT2D eigenvalue weighted by Gasteiger charge is -2.31. The molecule has 1 aliphatic carbocycles. The van der Waals surface area contributed by atoms with Gasteiger partial charge in [-0.15, -0.1) is 0 Å². The molecule has 4 amide bonds. The Balaban J connectivity index is 1.68. The van der Waals surface area contributed by atoms with Crippen molar-refractivity contribution in [1.82, 2.24) is 14.8 Å². The van der Waals surface area contributed by atoms with E-state index < -0.39 is 22.8 Å². The van der Waals surface area contributed by atoms with Gasteiger partial charge in [0.1, 0.15) is 5.57 Å². The molecule has 9 heteroatoms. The molecule has 0 radical (unpaired) electrons. The lowest BCUT2D eigenvalue weighted by atomic mass is 10.1. The number of benzene rings is 1. The summed E-state index contributed by atoms with van der Waals surface area (Å²) < 4.78 is 1.70. The number of aromatic nitrogens is 1. The first-order valence-electron chi connectivity index (χ1n) is 9.28. The molecule has 1 saturated carbocycles. The molecule has 0 spiro atoms. The van der Waals surface area contributed by atoms with Crippen molar-refractivity contribution in [3.63, 3.8) is 0 Å². The van der Waals surface area contributed by atoms with Crippen LogP contribution in [0, 0.1) is 10.1 Å². The van der Waals surface area contributed by atoms with E-state index in [1.807, 2.05) is 0 Å². The molecule has 148 valence electrons. The van der Waals surface area contributed by atoms with E-state index in [1.165, 1.54) is 18.2 Å². The lowest BCUT2D eigenvalue weighted by Crippen LogP contribution is -2.57. The topological polar surface area (TPSA) is 115 Å². The summed E-state index contributed by atoms with van der Waals surface area (Å²) in [5.41, 5.74) is 1.03. The van der Waals surface area contributed by atoms with Gasteiger partial charge < -0.3 is 4.57 Å². The fourth-order valence-electron chi connectivity index (χ4n) is 3.79. The number of rotatable bonds is 4. The van der Waals surface area contributed by atoms with Gasteiger partial charge in [0.2, 0.25) is 0 Å². The zero-order chi connectivity index (χ0) is 20.5. The average molecular weight is 394 g/mol. The molecule has 0 bridgehead atoms. The molecule has 4 rings (SSSR count). The number of nitro benzene ring substituents is 1. The summed E-state index contributed by atoms with van der Waals surface area (Å²) in [7, 11) is 0. The molecular formula is C20H18N4O5. The van der Waals surface area contributed by atoms with Gasteiger partial charge >= 0.3 is 6.03 Å². The van der Waals surface area contributed by atoms with Crippen LogP contribution in [0.4, 0.5) is 10.5 Å². The molecular weight excluding hydrogens is 376 g/mol. The largest absolute Gasteiger partial charge is 0.331 e. The van der Waals surface area contributed by atoms with Gasteiger partial charge in [0, 0.05) is 35.8 Å². The van der Waals surface area contributed by atoms with Crippen LogP contribution >= 0.6 is 0 Å². The molecule has 2 fully saturated rings. The molecule has 2 heterocycles. The van der Waals surface area contributed by atoms with Crippen molar-refractivity contribution >= 4 is 29.6 Å². The summed E-state index contributed by atoms with van der Waals surface area (Å²) in [6.07, 6.45) is 6.52. The molecule has 29 heavy (non-hydrogen) atoms. The Hall–Kier alpha value is -3.75. The standard InChI is InChI=1S/C20H18N4O5/c25-18-17(19(26)23(20(27)21-18)14-4-1-2-5-14)12-16-6-3-11-22(16)13-7-9-15(10-8-13)24(28)29/h3,6-12,14H,1-2,4-5H2,(H,21,25,27)/b17-12+. The quantitative estimate of drug-likeness (QED) is 0.371. The second-order valence-corrected chi connectivity index (χ2v) is 7.01. The van der Waals surface area contributed by atoms with Gasteiger partial charge in [-0.2, -0.15) is 0 Å². The van der Waals surface area contributed by atoms with Crippen molar-refractivity contribution < 1.29 is 19.3 Å². The summed E-state index contributed by atoms with van der Waals surface area (Å²) in [4.78, 5) is 49.0. The van der Waals surface area contributed by atoms with Crippen molar-refractivity contribution in [1.29, 1.82) is 0 Å². The van der Waals surface area contributed by atoms with Crippen LogP contribution < -0.4 is 5.32 Å². The Morgan fingerprint density at radius 3 is 2.41 bits per heavy atom. The molecule has 1 N–H and O–H groups in total. The normalized spacial score (nSPS) is 19.1. The molecule has 2 aliphatic rings. The van der Waals surface area contributed by atoms with E-state index in [2.05, 4.69) is 5.32 Å². The Morgan fingerprint density at radius 1 is 1.07 bits per heavy atom. The first-order chi connectivity index (χ1) is 14.0. The lowest BCUT2D eigenvalue weighted by molar-refractivity contribution is -0.384. The molecule has 2 aromatic rings. The number of hydrogen-bond donors (Lipinski definition) is 1. The van der Waals surface area contributed by atoms with Crippen molar-refractivity contribution in [3.05, 3.63) is 64.0 Å². The minimum atomic E-state index is -0.731. The van der Waals surface area contributed by atoms with Gasteiger partial charge in [-0.05, 0) is 43.2 Å². The zero-order valence-electron chi connectivity index (χ0n) is 15.4. The van der Waals surface area contributed by atoms with E-state index in [-0.39, 0.29) is 17.3 Å². The fourth-order valence-corrected chi connectivity index (χ4v) is 3.79. The van der Waals surface area contributed by atoms with Crippen molar-refractivity contribution in [2.75, 3.05) is 0 Å². The van der Waals surface area contributed by atoms with Gasteiger partial charge in [0.05, 0.1) is 4.92 Å². The monoisotopic (exact) mass is 394 g/mol. The third-order valence-corrected chi connectivity index (χ3v) is 5.23. The van der Waals surface area contributed by atoms with Gasteiger partial charge in [-0.3, -0.25) is 29.9 Å². The zero-order valence-corrected chi connectivity index (χ0v) is 15.4. The summed E-state index contributed by atoms with van der Waals surface area (Å²) in [5, 5.41) is 13.1. The number of carbonyl (C=O) groups is 3. The van der Waals surface area contributed by atoms with Gasteiger partial charge in [0.15, 0.2) is 0 Å². The van der Waals surface area contributed by atoms with E-state index >= 15 is 0 Å². The third kappa shape index (κ3) is 3.42. The van der Waals surface area contributed by atoms with E-state index in [4.69, 9.17) is 0 Å². The van der Waals surface area contributed by atoms with Gasteiger partial charge in [-0.1, -0.05) is 12.8 Å². The molecule has 1 saturated heterocycles. The Labute approximate surface area is 165 Å². The van der Waals surface area contributed by atoms with Crippen LogP contribution in [0.3, 0.4) is 0 Å². The van der Waals surface area contributed by atoms with Crippen LogP contribution in [0.1, 0.15) is 31.4 Å². The number of amides is 4. The third-order valence-electron chi connectivity index (χ3n) is 5.23. The average Bonchev–Trinajstić information content (AvgIpc) is 3.37. The molecule has 1 aromatic heterocycles. The summed E-state index contributed by atoms with van der Waals surface area (Å²) in [5.74, 6) is -1.33. The molecule has 1 aromatic carbocycles. The summed E-state index contributed by atoms with van der Waals surface area (Å²) in [6, 6.07) is 8.50. The van der Waals surface area contributed by atoms with Crippen LogP contribution in [-0.2, 0) is 9.59 Å². The van der Waals surface area contributed by atoms with E-state index in [1.54, 1.807) is 35.0 Å². The van der Waals surface area contributed by atoms with E-state index in [9.17, 15) is 24.5 Å². The van der Waals surface area contributed by atoms with Crippen LogP contribution in [0.2, 0.25) is 0 Å². The van der Waals surface area contributed by atoms with Gasteiger partial charge in [0.25, 0.3) is 17.5 Å². The van der Waals surface area contributed by atoms with Crippen LogP contribution in [0.25, 0.3) is 11.8 Å². The minimum absolute atomic E-state index is 0.0339. The first kappa shape index (κ1) is 18.6. The predicted molar refractivity (Wildman–Crippen MR) is 103 cm³/mol. The van der Waals surface area contributed by atoms with Crippen LogP contribution in [0.15, 0.2) is 48.2 Å². The number of nitro groups is 1. The second-order valence-electron chi connectivity index (χ2n) is 7.01. The number of non-ortho nitro benzene ring substituents is 1. The van der Waals surface area contributed by atoms with Crippen molar-refractivity contribution in [2.24, 2.45) is 0 Å². The highest BCUT2D eigenvalue weighted by atomic mass is 16.6. The number of nitrogens with one attached hydrogen (secondary N) is 1. The highest BCUT2D eigenvalue weighted by molar-refractivity contribution is 6.31. The number of carbonyl (C=O) groups excluding carboxylic acids is 3. The maximum Gasteiger partial charge on any atom is 0.331 e. The fraction of sp³-hybridized carbons (Fsp3) is 0.250. The van der Waals surface area contributed by atoms with Crippen LogP contribution in [-0.4, -0.2) is 38.3 Å². The Morgan fingerprint density at radius 2 is 1.76 bits per heavy atom. The highest BCUT2D eigenvalue weighted by Gasteiger charge is 2.40. The van der Waals surface area contributed by atoms with E-state index in [0.29, 0.717) is 11.4 Å². The summed E-state index contributed by atoms with van der Waals surface area (Å²) in [6.45, 7) is 0. The maximum atomic E-state index is 12.9. The Kier molecular flexibility index (Phi) is 4.71. The smallest absolute Gasteiger partial charge is 0.317 e. The number of hydrogen-bond acceptors (Lipinski definition) is 5. The predicted octanol–water partition coefficient (Wildman–Crippen LogP) is 2.79. The molecule has 0 unspecified atom stereocenters. The van der Waals surface area contributed by atoms with Crippen LogP contribution in [0.5, 0.6) is 0 Å². The number of imide groups is 2. The number of nitrogens with zero attached hydrogens (tertiary/aromatic N) is 3. The van der Waals surface area contributed by atoms with Gasteiger partial charge in [-0.25, -0.2) is 4.79 Å². The number of urea groups is 1. The van der Waals surface area contributed by atoms with E-state index in [0.717, 1.165) is 30.6 Å². The first-order valence-corrected chi connectivity index (χ1v) is 9.28. The van der Waals surface area contributed by atoms with Crippen molar-refractivity contribution in [2.45, 2.75) is 31.7 Å².